The summed E-state index contributed by atoms with van der Waals surface area (Å²) in [6.45, 7) is 5.46. The summed E-state index contributed by atoms with van der Waals surface area (Å²) in [5, 5.41) is 0.514. The molecule has 0 unspecified atom stereocenters. The summed E-state index contributed by atoms with van der Waals surface area (Å²) in [5.74, 6) is 2.78. The minimum Gasteiger partial charge on any atom is -0.462 e. The predicted molar refractivity (Wildman–Crippen MR) is 104 cm³/mol. The predicted octanol–water partition coefficient (Wildman–Crippen LogP) is 2.91. The molecule has 0 bridgehead atoms. The van der Waals surface area contributed by atoms with E-state index in [9.17, 15) is 4.79 Å². The highest BCUT2D eigenvalue weighted by Gasteiger charge is 2.28. The molecule has 1 aliphatic heterocycles. The largest absolute Gasteiger partial charge is 0.462 e. The number of nitrogens with zero attached hydrogens (tertiary/aromatic N) is 5. The van der Waals surface area contributed by atoms with Crippen LogP contribution >= 0.6 is 11.6 Å². The zero-order valence-electron chi connectivity index (χ0n) is 15.3. The van der Waals surface area contributed by atoms with Crippen LogP contribution in [-0.2, 0) is 4.74 Å². The minimum absolute atomic E-state index is 0.339. The third-order valence-corrected chi connectivity index (χ3v) is 5.02. The normalized spacial score (nSPS) is 17.1. The molecule has 1 saturated heterocycles. The van der Waals surface area contributed by atoms with Crippen molar-refractivity contribution in [2.24, 2.45) is 0 Å². The molecule has 3 heterocycles. The third-order valence-electron chi connectivity index (χ3n) is 4.83. The number of pyridine rings is 1. The molecule has 7 nitrogen and oxygen atoms in total. The number of piperazine rings is 1. The molecule has 1 saturated carbocycles. The molecule has 1 aliphatic carbocycles. The molecule has 0 spiro atoms. The highest BCUT2D eigenvalue weighted by atomic mass is 35.5. The number of halogens is 1. The van der Waals surface area contributed by atoms with Crippen LogP contribution in [0.25, 0.3) is 0 Å². The maximum atomic E-state index is 11.7. The van der Waals surface area contributed by atoms with Crippen molar-refractivity contribution in [3.63, 3.8) is 0 Å². The van der Waals surface area contributed by atoms with Gasteiger partial charge in [0.2, 0.25) is 0 Å². The van der Waals surface area contributed by atoms with Gasteiger partial charge in [-0.05, 0) is 31.9 Å². The van der Waals surface area contributed by atoms with Gasteiger partial charge in [-0.15, -0.1) is 0 Å². The Morgan fingerprint density at radius 1 is 1.15 bits per heavy atom. The Hall–Kier alpha value is -2.41. The van der Waals surface area contributed by atoms with Crippen LogP contribution in [0, 0.1) is 0 Å². The number of esters is 1. The van der Waals surface area contributed by atoms with Crippen molar-refractivity contribution < 1.29 is 9.53 Å². The van der Waals surface area contributed by atoms with Crippen molar-refractivity contribution in [1.29, 1.82) is 0 Å². The molecule has 4 rings (SSSR count). The second kappa shape index (κ2) is 7.68. The summed E-state index contributed by atoms with van der Waals surface area (Å²) in [4.78, 5) is 29.7. The summed E-state index contributed by atoms with van der Waals surface area (Å²) in [6, 6.07) is 5.48. The molecule has 2 fully saturated rings. The van der Waals surface area contributed by atoms with Gasteiger partial charge in [0.05, 0.1) is 12.2 Å². The first kappa shape index (κ1) is 18.0. The Labute approximate surface area is 163 Å². The molecule has 0 atom stereocenters. The molecular formula is C19H22ClN5O2. The fourth-order valence-corrected chi connectivity index (χ4v) is 3.37. The van der Waals surface area contributed by atoms with Gasteiger partial charge in [0.15, 0.2) is 0 Å². The minimum atomic E-state index is -0.339. The molecule has 27 heavy (non-hydrogen) atoms. The van der Waals surface area contributed by atoms with Crippen LogP contribution in [0.15, 0.2) is 24.4 Å². The summed E-state index contributed by atoms with van der Waals surface area (Å²) < 4.78 is 4.99. The molecule has 2 aromatic heterocycles. The van der Waals surface area contributed by atoms with Crippen LogP contribution in [0.1, 0.15) is 41.9 Å². The van der Waals surface area contributed by atoms with Crippen molar-refractivity contribution in [1.82, 2.24) is 15.0 Å². The van der Waals surface area contributed by atoms with Crippen LogP contribution in [0.5, 0.6) is 0 Å². The van der Waals surface area contributed by atoms with E-state index >= 15 is 0 Å². The number of hydrogen-bond donors (Lipinski definition) is 0. The first-order chi connectivity index (χ1) is 13.1. The molecule has 0 N–H and O–H groups in total. The maximum Gasteiger partial charge on any atom is 0.339 e. The first-order valence-corrected chi connectivity index (χ1v) is 9.69. The number of carbonyl (C=O) groups excluding carboxylic acids is 1. The van der Waals surface area contributed by atoms with Crippen LogP contribution in [0.4, 0.5) is 11.6 Å². The van der Waals surface area contributed by atoms with Gasteiger partial charge in [-0.3, -0.25) is 0 Å². The quantitative estimate of drug-likeness (QED) is 0.577. The second-order valence-electron chi connectivity index (χ2n) is 6.78. The Bertz CT molecular complexity index is 817. The van der Waals surface area contributed by atoms with Gasteiger partial charge in [0.25, 0.3) is 0 Å². The lowest BCUT2D eigenvalue weighted by atomic mass is 10.2. The lowest BCUT2D eigenvalue weighted by molar-refractivity contribution is 0.0526. The van der Waals surface area contributed by atoms with E-state index in [2.05, 4.69) is 19.8 Å². The smallest absolute Gasteiger partial charge is 0.339 e. The molecule has 8 heteroatoms. The van der Waals surface area contributed by atoms with E-state index in [1.165, 1.54) is 0 Å². The van der Waals surface area contributed by atoms with Gasteiger partial charge in [0, 0.05) is 44.4 Å². The van der Waals surface area contributed by atoms with Gasteiger partial charge in [-0.25, -0.2) is 19.7 Å². The van der Waals surface area contributed by atoms with Crippen molar-refractivity contribution in [2.45, 2.75) is 25.7 Å². The Morgan fingerprint density at radius 2 is 1.85 bits per heavy atom. The van der Waals surface area contributed by atoms with Gasteiger partial charge in [0.1, 0.15) is 22.6 Å². The molecule has 2 aromatic rings. The maximum absolute atomic E-state index is 11.7. The molecule has 0 radical (unpaired) electrons. The third kappa shape index (κ3) is 4.13. The number of ether oxygens (including phenoxy) is 1. The van der Waals surface area contributed by atoms with E-state index in [1.807, 2.05) is 12.1 Å². The van der Waals surface area contributed by atoms with Crippen molar-refractivity contribution in [2.75, 3.05) is 42.6 Å². The summed E-state index contributed by atoms with van der Waals surface area (Å²) in [6.07, 6.45) is 3.88. The van der Waals surface area contributed by atoms with Crippen LogP contribution in [-0.4, -0.2) is 53.7 Å². The number of hydrogen-bond acceptors (Lipinski definition) is 7. The number of rotatable bonds is 5. The first-order valence-electron chi connectivity index (χ1n) is 9.31. The van der Waals surface area contributed by atoms with Crippen LogP contribution in [0.3, 0.4) is 0 Å². The van der Waals surface area contributed by atoms with E-state index in [0.717, 1.165) is 56.5 Å². The van der Waals surface area contributed by atoms with E-state index in [4.69, 9.17) is 21.3 Å². The fourth-order valence-electron chi connectivity index (χ4n) is 3.18. The average Bonchev–Trinajstić information content (AvgIpc) is 3.53. The second-order valence-corrected chi connectivity index (χ2v) is 7.17. The summed E-state index contributed by atoms with van der Waals surface area (Å²) in [7, 11) is 0. The Balaban J connectivity index is 1.39. The highest BCUT2D eigenvalue weighted by Crippen LogP contribution is 2.39. The lowest BCUT2D eigenvalue weighted by Crippen LogP contribution is -2.47. The molecule has 2 aliphatic rings. The lowest BCUT2D eigenvalue weighted by Gasteiger charge is -2.36. The summed E-state index contributed by atoms with van der Waals surface area (Å²) >= 11 is 6.19. The van der Waals surface area contributed by atoms with Gasteiger partial charge in [-0.1, -0.05) is 11.6 Å². The average molecular weight is 388 g/mol. The van der Waals surface area contributed by atoms with E-state index in [-0.39, 0.29) is 5.97 Å². The SMILES string of the molecule is CCOC(=O)c1ccc(N2CCN(c3cc(Cl)nc(C4CC4)n3)CC2)nc1. The topological polar surface area (TPSA) is 71.5 Å². The van der Waals surface area contributed by atoms with E-state index in [1.54, 1.807) is 19.2 Å². The van der Waals surface area contributed by atoms with Gasteiger partial charge in [-0.2, -0.15) is 0 Å². The summed E-state index contributed by atoms with van der Waals surface area (Å²) in [5.41, 5.74) is 0.475. The van der Waals surface area contributed by atoms with Crippen molar-refractivity contribution >= 4 is 29.2 Å². The standard InChI is InChI=1S/C19H22ClN5O2/c1-2-27-19(26)14-5-6-16(21-12-14)24-7-9-25(10-8-24)17-11-15(20)22-18(23-17)13-3-4-13/h5-6,11-13H,2-4,7-10H2,1H3. The molecule has 142 valence electrons. The highest BCUT2D eigenvalue weighted by molar-refractivity contribution is 6.29. The zero-order valence-corrected chi connectivity index (χ0v) is 16.0. The van der Waals surface area contributed by atoms with Crippen LogP contribution < -0.4 is 9.80 Å². The molecule has 0 aromatic carbocycles. The molecular weight excluding hydrogens is 366 g/mol. The molecule has 0 amide bonds. The van der Waals surface area contributed by atoms with Gasteiger partial charge >= 0.3 is 5.97 Å². The van der Waals surface area contributed by atoms with Gasteiger partial charge < -0.3 is 14.5 Å². The van der Waals surface area contributed by atoms with Crippen molar-refractivity contribution in [3.8, 4) is 0 Å². The Morgan fingerprint density at radius 3 is 2.44 bits per heavy atom. The fraction of sp³-hybridized carbons (Fsp3) is 0.474. The number of anilines is 2. The Kier molecular flexibility index (Phi) is 5.11. The zero-order chi connectivity index (χ0) is 18.8. The van der Waals surface area contributed by atoms with E-state index < -0.39 is 0 Å². The van der Waals surface area contributed by atoms with Crippen molar-refractivity contribution in [3.05, 3.63) is 40.9 Å². The number of aromatic nitrogens is 3. The monoisotopic (exact) mass is 387 g/mol. The number of carbonyl (C=O) groups is 1. The van der Waals surface area contributed by atoms with Crippen LogP contribution in [0.2, 0.25) is 5.15 Å². The van der Waals surface area contributed by atoms with E-state index in [0.29, 0.717) is 23.2 Å².